The zero-order valence-corrected chi connectivity index (χ0v) is 10.7. The summed E-state index contributed by atoms with van der Waals surface area (Å²) in [5, 5.41) is 5.41. The molecule has 6 heteroatoms. The van der Waals surface area contributed by atoms with Crippen molar-refractivity contribution in [2.75, 3.05) is 5.73 Å². The molecule has 0 atom stereocenters. The molecule has 2 aromatic heterocycles. The van der Waals surface area contributed by atoms with E-state index < -0.39 is 0 Å². The van der Waals surface area contributed by atoms with E-state index in [4.69, 9.17) is 28.9 Å². The Labute approximate surface area is 113 Å². The molecular formula is C12H8Cl2N4. The molecule has 1 aromatic carbocycles. The Morgan fingerprint density at radius 2 is 1.94 bits per heavy atom. The van der Waals surface area contributed by atoms with Crippen molar-refractivity contribution in [3.05, 3.63) is 46.7 Å². The van der Waals surface area contributed by atoms with E-state index in [9.17, 15) is 0 Å². The van der Waals surface area contributed by atoms with Gasteiger partial charge in [0.05, 0.1) is 33.8 Å². The maximum atomic E-state index is 5.99. The summed E-state index contributed by atoms with van der Waals surface area (Å²) in [6, 6.07) is 7.23. The summed E-state index contributed by atoms with van der Waals surface area (Å²) < 4.78 is 1.63. The highest BCUT2D eigenvalue weighted by Crippen LogP contribution is 2.28. The molecule has 0 unspecified atom stereocenters. The van der Waals surface area contributed by atoms with Gasteiger partial charge in [0.15, 0.2) is 5.65 Å². The minimum Gasteiger partial charge on any atom is -0.396 e. The lowest BCUT2D eigenvalue weighted by atomic mass is 10.1. The number of nitrogen functional groups attached to an aromatic ring is 1. The maximum absolute atomic E-state index is 5.99. The molecule has 0 aliphatic heterocycles. The van der Waals surface area contributed by atoms with Gasteiger partial charge in [0.2, 0.25) is 0 Å². The highest BCUT2D eigenvalue weighted by atomic mass is 35.5. The normalized spacial score (nSPS) is 11.0. The number of benzene rings is 1. The van der Waals surface area contributed by atoms with E-state index in [1.807, 2.05) is 12.1 Å². The molecule has 90 valence electrons. The van der Waals surface area contributed by atoms with Gasteiger partial charge >= 0.3 is 0 Å². The van der Waals surface area contributed by atoms with Gasteiger partial charge < -0.3 is 5.73 Å². The lowest BCUT2D eigenvalue weighted by molar-refractivity contribution is 0.946. The van der Waals surface area contributed by atoms with Gasteiger partial charge in [0.25, 0.3) is 0 Å². The molecule has 3 aromatic rings. The Morgan fingerprint density at radius 1 is 1.11 bits per heavy atom. The second kappa shape index (κ2) is 4.15. The summed E-state index contributed by atoms with van der Waals surface area (Å²) in [6.07, 6.45) is 3.30. The summed E-state index contributed by atoms with van der Waals surface area (Å²) >= 11 is 11.9. The average Bonchev–Trinajstić information content (AvgIpc) is 2.75. The second-order valence-electron chi connectivity index (χ2n) is 3.85. The zero-order chi connectivity index (χ0) is 12.7. The Bertz CT molecular complexity index is 736. The number of nitrogens with two attached hydrogens (primary N) is 1. The van der Waals surface area contributed by atoms with Gasteiger partial charge in [-0.25, -0.2) is 9.50 Å². The molecule has 0 aliphatic carbocycles. The van der Waals surface area contributed by atoms with Gasteiger partial charge in [0.1, 0.15) is 0 Å². The molecule has 0 amide bonds. The Kier molecular flexibility index (Phi) is 2.61. The lowest BCUT2D eigenvalue weighted by Gasteiger charge is -1.98. The molecule has 0 bridgehead atoms. The first kappa shape index (κ1) is 11.3. The predicted octanol–water partition coefficient (Wildman–Crippen LogP) is 3.29. The third-order valence-corrected chi connectivity index (χ3v) is 3.29. The fraction of sp³-hybridized carbons (Fsp3) is 0. The molecule has 3 rings (SSSR count). The van der Waals surface area contributed by atoms with Crippen LogP contribution < -0.4 is 5.73 Å². The molecule has 0 saturated carbocycles. The van der Waals surface area contributed by atoms with Gasteiger partial charge in [-0.3, -0.25) is 0 Å². The topological polar surface area (TPSA) is 56.2 Å². The van der Waals surface area contributed by atoms with Crippen molar-refractivity contribution in [1.29, 1.82) is 0 Å². The Balaban J connectivity index is 2.16. The van der Waals surface area contributed by atoms with Crippen molar-refractivity contribution in [2.24, 2.45) is 0 Å². The first-order valence-corrected chi connectivity index (χ1v) is 5.95. The highest BCUT2D eigenvalue weighted by molar-refractivity contribution is 6.42. The molecule has 4 nitrogen and oxygen atoms in total. The van der Waals surface area contributed by atoms with Crippen LogP contribution in [0.3, 0.4) is 0 Å². The first-order chi connectivity index (χ1) is 8.63. The zero-order valence-electron chi connectivity index (χ0n) is 9.14. The third-order valence-electron chi connectivity index (χ3n) is 2.55. The van der Waals surface area contributed by atoms with Crippen LogP contribution in [0.25, 0.3) is 16.9 Å². The van der Waals surface area contributed by atoms with Crippen LogP contribution in [-0.4, -0.2) is 14.6 Å². The summed E-state index contributed by atoms with van der Waals surface area (Å²) in [5.41, 5.74) is 8.60. The molecule has 2 heterocycles. The van der Waals surface area contributed by atoms with Crippen LogP contribution in [0.2, 0.25) is 10.0 Å². The number of hydrogen-bond donors (Lipinski definition) is 1. The molecule has 0 aliphatic rings. The number of anilines is 1. The van der Waals surface area contributed by atoms with Crippen LogP contribution >= 0.6 is 23.2 Å². The van der Waals surface area contributed by atoms with Crippen LogP contribution in [0.4, 0.5) is 5.69 Å². The average molecular weight is 279 g/mol. The van der Waals surface area contributed by atoms with Gasteiger partial charge in [0, 0.05) is 11.6 Å². The Hall–Kier alpha value is -1.78. The molecule has 18 heavy (non-hydrogen) atoms. The smallest absolute Gasteiger partial charge is 0.155 e. The maximum Gasteiger partial charge on any atom is 0.155 e. The van der Waals surface area contributed by atoms with Crippen molar-refractivity contribution in [1.82, 2.24) is 14.6 Å². The number of fused-ring (bicyclic) bond motifs is 1. The largest absolute Gasteiger partial charge is 0.396 e. The van der Waals surface area contributed by atoms with Gasteiger partial charge in [-0.15, -0.1) is 0 Å². The van der Waals surface area contributed by atoms with E-state index in [1.54, 1.807) is 29.0 Å². The lowest BCUT2D eigenvalue weighted by Crippen LogP contribution is -1.93. The summed E-state index contributed by atoms with van der Waals surface area (Å²) in [4.78, 5) is 4.18. The minimum absolute atomic E-state index is 0.499. The van der Waals surface area contributed by atoms with E-state index >= 15 is 0 Å². The molecule has 0 fully saturated rings. The minimum atomic E-state index is 0.499. The summed E-state index contributed by atoms with van der Waals surface area (Å²) in [5.74, 6) is 0. The van der Waals surface area contributed by atoms with Crippen LogP contribution in [0.15, 0.2) is 36.7 Å². The first-order valence-electron chi connectivity index (χ1n) is 5.20. The number of aromatic nitrogens is 3. The standard InChI is InChI=1S/C12H8Cl2N4/c13-9-2-1-7(3-10(9)14)11-4-12-16-5-8(15)6-18(12)17-11/h1-6H,15H2. The molecular weight excluding hydrogens is 271 g/mol. The quantitative estimate of drug-likeness (QED) is 0.743. The molecule has 0 spiro atoms. The number of halogens is 2. The molecule has 0 saturated heterocycles. The van der Waals surface area contributed by atoms with E-state index in [1.165, 1.54) is 0 Å². The van der Waals surface area contributed by atoms with E-state index in [0.29, 0.717) is 15.7 Å². The molecule has 0 radical (unpaired) electrons. The molecule has 2 N–H and O–H groups in total. The highest BCUT2D eigenvalue weighted by Gasteiger charge is 2.07. The fourth-order valence-corrected chi connectivity index (χ4v) is 1.99. The van der Waals surface area contributed by atoms with E-state index in [2.05, 4.69) is 10.1 Å². The summed E-state index contributed by atoms with van der Waals surface area (Å²) in [6.45, 7) is 0. The van der Waals surface area contributed by atoms with Crippen molar-refractivity contribution in [3.63, 3.8) is 0 Å². The SMILES string of the molecule is Nc1cnc2cc(-c3ccc(Cl)c(Cl)c3)nn2c1. The third kappa shape index (κ3) is 1.89. The van der Waals surface area contributed by atoms with Crippen molar-refractivity contribution >= 4 is 34.5 Å². The number of nitrogens with zero attached hydrogens (tertiary/aromatic N) is 3. The fourth-order valence-electron chi connectivity index (χ4n) is 1.69. The predicted molar refractivity (Wildman–Crippen MR) is 72.9 cm³/mol. The second-order valence-corrected chi connectivity index (χ2v) is 4.66. The van der Waals surface area contributed by atoms with Crippen molar-refractivity contribution in [3.8, 4) is 11.3 Å². The van der Waals surface area contributed by atoms with Crippen molar-refractivity contribution in [2.45, 2.75) is 0 Å². The van der Waals surface area contributed by atoms with E-state index in [0.717, 1.165) is 16.9 Å². The summed E-state index contributed by atoms with van der Waals surface area (Å²) in [7, 11) is 0. The van der Waals surface area contributed by atoms with E-state index in [-0.39, 0.29) is 0 Å². The van der Waals surface area contributed by atoms with Gasteiger partial charge in [-0.05, 0) is 12.1 Å². The number of hydrogen-bond acceptors (Lipinski definition) is 3. The van der Waals surface area contributed by atoms with Crippen LogP contribution in [0, 0.1) is 0 Å². The monoisotopic (exact) mass is 278 g/mol. The number of rotatable bonds is 1. The van der Waals surface area contributed by atoms with Crippen molar-refractivity contribution < 1.29 is 0 Å². The Morgan fingerprint density at radius 3 is 2.72 bits per heavy atom. The van der Waals surface area contributed by atoms with Crippen LogP contribution in [0.1, 0.15) is 0 Å². The van der Waals surface area contributed by atoms with Gasteiger partial charge in [-0.1, -0.05) is 29.3 Å². The van der Waals surface area contributed by atoms with Gasteiger partial charge in [-0.2, -0.15) is 5.10 Å². The van der Waals surface area contributed by atoms with Crippen LogP contribution in [-0.2, 0) is 0 Å². The van der Waals surface area contributed by atoms with Crippen LogP contribution in [0.5, 0.6) is 0 Å².